The molecular weight excluding hydrogens is 212 g/mol. The number of anilines is 2. The molecule has 0 bridgehead atoms. The molecule has 0 radical (unpaired) electrons. The molecule has 0 saturated heterocycles. The first-order valence-corrected chi connectivity index (χ1v) is 5.97. The molecule has 1 aromatic carbocycles. The number of aromatic nitrogens is 2. The molecule has 1 aromatic heterocycles. The fraction of sp³-hybridized carbons (Fsp3) is 0.308. The highest BCUT2D eigenvalue weighted by molar-refractivity contribution is 5.69. The van der Waals surface area contributed by atoms with Crippen LogP contribution in [0.15, 0.2) is 24.3 Å². The van der Waals surface area contributed by atoms with Crippen molar-refractivity contribution in [3.63, 3.8) is 0 Å². The number of aromatic amines is 1. The number of hydrogen-bond donors (Lipinski definition) is 2. The van der Waals surface area contributed by atoms with E-state index in [4.69, 9.17) is 5.73 Å². The normalized spacial score (nSPS) is 14.1. The van der Waals surface area contributed by atoms with Crippen molar-refractivity contribution in [3.05, 3.63) is 29.8 Å². The summed E-state index contributed by atoms with van der Waals surface area (Å²) in [5.41, 5.74) is 10.5. The predicted molar refractivity (Wildman–Crippen MR) is 70.0 cm³/mol. The summed E-state index contributed by atoms with van der Waals surface area (Å²) in [6.45, 7) is 4.39. The quantitative estimate of drug-likeness (QED) is 0.827. The van der Waals surface area contributed by atoms with E-state index in [1.165, 1.54) is 11.3 Å². The maximum Gasteiger partial charge on any atom is 0.145 e. The monoisotopic (exact) mass is 228 g/mol. The highest BCUT2D eigenvalue weighted by atomic mass is 15.2. The van der Waals surface area contributed by atoms with Crippen LogP contribution in [0.2, 0.25) is 0 Å². The Kier molecular flexibility index (Phi) is 2.28. The van der Waals surface area contributed by atoms with Crippen molar-refractivity contribution >= 4 is 11.5 Å². The van der Waals surface area contributed by atoms with Crippen LogP contribution in [0.3, 0.4) is 0 Å². The standard InChI is InChI=1S/C13H16N4/c1-2-17-6-5-10-7-9(3-4-12(10)17)11-8-13(14)16-15-11/h3-4,7-8H,2,5-6H2,1H3,(H3,14,15,16). The van der Waals surface area contributed by atoms with E-state index in [1.807, 2.05) is 6.07 Å². The first kappa shape index (κ1) is 10.2. The van der Waals surface area contributed by atoms with Crippen molar-refractivity contribution in [2.24, 2.45) is 0 Å². The molecule has 0 fully saturated rings. The number of nitrogens with zero attached hydrogens (tertiary/aromatic N) is 2. The lowest BCUT2D eigenvalue weighted by atomic mass is 10.1. The fourth-order valence-corrected chi connectivity index (χ4v) is 2.45. The van der Waals surface area contributed by atoms with Crippen molar-refractivity contribution in [2.75, 3.05) is 23.7 Å². The summed E-state index contributed by atoms with van der Waals surface area (Å²) in [4.78, 5) is 2.40. The highest BCUT2D eigenvalue weighted by Gasteiger charge is 2.18. The molecule has 3 N–H and O–H groups in total. The number of nitrogen functional groups attached to an aromatic ring is 1. The SMILES string of the molecule is CCN1CCc2cc(-c3cc(N)n[nH]3)ccc21. The molecule has 88 valence electrons. The highest BCUT2D eigenvalue weighted by Crippen LogP contribution is 2.31. The van der Waals surface area contributed by atoms with Gasteiger partial charge < -0.3 is 10.6 Å². The number of H-pyrrole nitrogens is 1. The lowest BCUT2D eigenvalue weighted by Gasteiger charge is -2.16. The second-order valence-corrected chi connectivity index (χ2v) is 4.38. The minimum atomic E-state index is 0.538. The van der Waals surface area contributed by atoms with Crippen LogP contribution in [0, 0.1) is 0 Å². The number of benzene rings is 1. The fourth-order valence-electron chi connectivity index (χ4n) is 2.45. The minimum absolute atomic E-state index is 0.538. The Bertz CT molecular complexity index is 544. The van der Waals surface area contributed by atoms with Crippen LogP contribution in [0.4, 0.5) is 11.5 Å². The van der Waals surface area contributed by atoms with Gasteiger partial charge in [-0.2, -0.15) is 5.10 Å². The summed E-state index contributed by atoms with van der Waals surface area (Å²) in [5.74, 6) is 0.538. The van der Waals surface area contributed by atoms with Crippen molar-refractivity contribution in [1.29, 1.82) is 0 Å². The van der Waals surface area contributed by atoms with E-state index in [1.54, 1.807) is 0 Å². The van der Waals surface area contributed by atoms with Gasteiger partial charge in [0.05, 0.1) is 5.69 Å². The molecule has 4 heteroatoms. The van der Waals surface area contributed by atoms with E-state index in [9.17, 15) is 0 Å². The Balaban J connectivity index is 2.00. The molecule has 0 saturated carbocycles. The predicted octanol–water partition coefficient (Wildman–Crippen LogP) is 2.04. The summed E-state index contributed by atoms with van der Waals surface area (Å²) < 4.78 is 0. The number of nitrogens with two attached hydrogens (primary N) is 1. The van der Waals surface area contributed by atoms with Crippen LogP contribution in [0.25, 0.3) is 11.3 Å². The molecule has 0 spiro atoms. The lowest BCUT2D eigenvalue weighted by molar-refractivity contribution is 0.868. The Morgan fingerprint density at radius 3 is 3.00 bits per heavy atom. The average molecular weight is 228 g/mol. The van der Waals surface area contributed by atoms with Gasteiger partial charge in [0.1, 0.15) is 5.82 Å². The van der Waals surface area contributed by atoms with Crippen molar-refractivity contribution < 1.29 is 0 Å². The number of likely N-dealkylation sites (N-methyl/N-ethyl adjacent to an activating group) is 1. The van der Waals surface area contributed by atoms with Gasteiger partial charge in [-0.1, -0.05) is 6.07 Å². The molecule has 0 unspecified atom stereocenters. The number of hydrogen-bond acceptors (Lipinski definition) is 3. The van der Waals surface area contributed by atoms with Crippen molar-refractivity contribution in [3.8, 4) is 11.3 Å². The van der Waals surface area contributed by atoms with Crippen LogP contribution < -0.4 is 10.6 Å². The van der Waals surface area contributed by atoms with E-state index >= 15 is 0 Å². The largest absolute Gasteiger partial charge is 0.382 e. The maximum atomic E-state index is 5.62. The maximum absolute atomic E-state index is 5.62. The third-order valence-electron chi connectivity index (χ3n) is 3.36. The van der Waals surface area contributed by atoms with Crippen molar-refractivity contribution in [1.82, 2.24) is 10.2 Å². The molecule has 0 amide bonds. The summed E-state index contributed by atoms with van der Waals surface area (Å²) in [7, 11) is 0. The zero-order valence-electron chi connectivity index (χ0n) is 9.90. The van der Waals surface area contributed by atoms with Gasteiger partial charge in [-0.15, -0.1) is 0 Å². The Morgan fingerprint density at radius 1 is 1.41 bits per heavy atom. The van der Waals surface area contributed by atoms with E-state index < -0.39 is 0 Å². The first-order valence-electron chi connectivity index (χ1n) is 5.97. The topological polar surface area (TPSA) is 57.9 Å². The third kappa shape index (κ3) is 1.65. The van der Waals surface area contributed by atoms with Crippen LogP contribution >= 0.6 is 0 Å². The summed E-state index contributed by atoms with van der Waals surface area (Å²) >= 11 is 0. The zero-order valence-corrected chi connectivity index (χ0v) is 9.90. The first-order chi connectivity index (χ1) is 8.28. The van der Waals surface area contributed by atoms with Crippen LogP contribution in [0.5, 0.6) is 0 Å². The Hall–Kier alpha value is -1.97. The summed E-state index contributed by atoms with van der Waals surface area (Å²) in [5, 5.41) is 6.91. The van der Waals surface area contributed by atoms with Gasteiger partial charge in [-0.05, 0) is 31.0 Å². The van der Waals surface area contributed by atoms with Gasteiger partial charge in [0.15, 0.2) is 0 Å². The Labute approximate surface area is 100 Å². The molecule has 2 aromatic rings. The second-order valence-electron chi connectivity index (χ2n) is 4.38. The molecule has 3 rings (SSSR count). The molecular formula is C13H16N4. The molecule has 4 nitrogen and oxygen atoms in total. The molecule has 17 heavy (non-hydrogen) atoms. The van der Waals surface area contributed by atoms with Gasteiger partial charge in [-0.3, -0.25) is 5.10 Å². The van der Waals surface area contributed by atoms with Gasteiger partial charge >= 0.3 is 0 Å². The van der Waals surface area contributed by atoms with Crippen LogP contribution in [0.1, 0.15) is 12.5 Å². The molecule has 2 heterocycles. The zero-order chi connectivity index (χ0) is 11.8. The van der Waals surface area contributed by atoms with E-state index in [0.717, 1.165) is 30.8 Å². The number of rotatable bonds is 2. The number of nitrogens with one attached hydrogen (secondary N) is 1. The van der Waals surface area contributed by atoms with Crippen molar-refractivity contribution in [2.45, 2.75) is 13.3 Å². The second kappa shape index (κ2) is 3.80. The van der Waals surface area contributed by atoms with Gasteiger partial charge in [-0.25, -0.2) is 0 Å². The van der Waals surface area contributed by atoms with Crippen LogP contribution in [-0.2, 0) is 6.42 Å². The van der Waals surface area contributed by atoms with Crippen LogP contribution in [-0.4, -0.2) is 23.3 Å². The van der Waals surface area contributed by atoms with Gasteiger partial charge in [0.25, 0.3) is 0 Å². The van der Waals surface area contributed by atoms with Gasteiger partial charge in [0.2, 0.25) is 0 Å². The molecule has 1 aliphatic rings. The molecule has 0 atom stereocenters. The summed E-state index contributed by atoms with van der Waals surface area (Å²) in [6.07, 6.45) is 1.13. The average Bonchev–Trinajstić information content (AvgIpc) is 2.94. The number of fused-ring (bicyclic) bond motifs is 1. The van der Waals surface area contributed by atoms with E-state index in [2.05, 4.69) is 40.2 Å². The van der Waals surface area contributed by atoms with E-state index in [0.29, 0.717) is 5.82 Å². The van der Waals surface area contributed by atoms with E-state index in [-0.39, 0.29) is 0 Å². The third-order valence-corrected chi connectivity index (χ3v) is 3.36. The minimum Gasteiger partial charge on any atom is -0.382 e. The molecule has 1 aliphatic heterocycles. The summed E-state index contributed by atoms with van der Waals surface area (Å²) in [6, 6.07) is 8.42. The Morgan fingerprint density at radius 2 is 2.29 bits per heavy atom. The molecule has 0 aliphatic carbocycles. The van der Waals surface area contributed by atoms with Gasteiger partial charge in [0, 0.05) is 30.4 Å². The smallest absolute Gasteiger partial charge is 0.145 e. The lowest BCUT2D eigenvalue weighted by Crippen LogP contribution is -2.18.